The third-order valence-electron chi connectivity index (χ3n) is 6.90. The lowest BCUT2D eigenvalue weighted by Gasteiger charge is -2.30. The minimum Gasteiger partial charge on any atom is -0.462 e. The summed E-state index contributed by atoms with van der Waals surface area (Å²) in [4.78, 5) is 34.0. The number of piperidine rings is 1. The highest BCUT2D eigenvalue weighted by molar-refractivity contribution is 7.17. The summed E-state index contributed by atoms with van der Waals surface area (Å²) in [7, 11) is 0. The fourth-order valence-corrected chi connectivity index (χ4v) is 6.31. The largest absolute Gasteiger partial charge is 0.462 e. The molecule has 1 aliphatic carbocycles. The predicted molar refractivity (Wildman–Crippen MR) is 138 cm³/mol. The smallest absolute Gasteiger partial charge is 0.341 e. The van der Waals surface area contributed by atoms with Gasteiger partial charge in [-0.05, 0) is 64.5 Å². The van der Waals surface area contributed by atoms with Crippen molar-refractivity contribution < 1.29 is 18.8 Å². The summed E-state index contributed by atoms with van der Waals surface area (Å²) in [5.41, 5.74) is 3.72. The Kier molecular flexibility index (Phi) is 7.48. The van der Waals surface area contributed by atoms with Gasteiger partial charge >= 0.3 is 5.97 Å². The average Bonchev–Trinajstić information content (AvgIpc) is 3.49. The molecule has 2 aliphatic rings. The van der Waals surface area contributed by atoms with Crippen molar-refractivity contribution >= 4 is 28.2 Å². The van der Waals surface area contributed by atoms with Crippen molar-refractivity contribution in [2.75, 3.05) is 25.0 Å². The number of aryl methyl sites for hydroxylation is 2. The van der Waals surface area contributed by atoms with E-state index in [0.29, 0.717) is 42.0 Å². The first-order valence-corrected chi connectivity index (χ1v) is 13.6. The lowest BCUT2D eigenvalue weighted by Crippen LogP contribution is -2.40. The Labute approximate surface area is 215 Å². The first-order chi connectivity index (χ1) is 17.5. The van der Waals surface area contributed by atoms with Gasteiger partial charge in [0.15, 0.2) is 0 Å². The number of hydrogen-bond donors (Lipinski definition) is 1. The zero-order chi connectivity index (χ0) is 25.1. The monoisotopic (exact) mass is 508 g/mol. The van der Waals surface area contributed by atoms with Gasteiger partial charge < -0.3 is 14.6 Å². The van der Waals surface area contributed by atoms with Crippen LogP contribution in [0.4, 0.5) is 5.00 Å². The predicted octanol–water partition coefficient (Wildman–Crippen LogP) is 5.01. The molecule has 2 aromatic heterocycles. The summed E-state index contributed by atoms with van der Waals surface area (Å²) in [6.07, 6.45) is 5.70. The van der Waals surface area contributed by atoms with Crippen LogP contribution in [0.1, 0.15) is 64.9 Å². The van der Waals surface area contributed by atoms with Gasteiger partial charge in [0.1, 0.15) is 5.00 Å². The van der Waals surface area contributed by atoms with Gasteiger partial charge in [0, 0.05) is 17.0 Å². The summed E-state index contributed by atoms with van der Waals surface area (Å²) in [6, 6.07) is 8.02. The number of thiophene rings is 1. The lowest BCUT2D eigenvalue weighted by atomic mass is 9.95. The van der Waals surface area contributed by atoms with Crippen LogP contribution in [0.5, 0.6) is 0 Å². The molecular weight excluding hydrogens is 476 g/mol. The molecule has 8 nitrogen and oxygen atoms in total. The maximum atomic E-state index is 13.3. The third-order valence-corrected chi connectivity index (χ3v) is 8.11. The highest BCUT2D eigenvalue weighted by Gasteiger charge is 2.31. The number of carbonyl (C=O) groups excluding carboxylic acids is 2. The molecule has 1 aliphatic heterocycles. The van der Waals surface area contributed by atoms with E-state index in [9.17, 15) is 9.59 Å². The number of esters is 1. The van der Waals surface area contributed by atoms with Crippen molar-refractivity contribution in [1.29, 1.82) is 0 Å². The van der Waals surface area contributed by atoms with E-state index in [1.807, 2.05) is 31.2 Å². The molecule has 0 bridgehead atoms. The zero-order valence-electron chi connectivity index (χ0n) is 20.8. The number of nitrogens with zero attached hydrogens (tertiary/aromatic N) is 3. The van der Waals surface area contributed by atoms with Gasteiger partial charge in [0.05, 0.1) is 24.6 Å². The molecule has 190 valence electrons. The first kappa shape index (κ1) is 24.6. The van der Waals surface area contributed by atoms with E-state index in [1.165, 1.54) is 21.8 Å². The summed E-state index contributed by atoms with van der Waals surface area (Å²) in [6.45, 7) is 6.14. The molecule has 9 heteroatoms. The molecule has 36 heavy (non-hydrogen) atoms. The van der Waals surface area contributed by atoms with Gasteiger partial charge in [-0.2, -0.15) is 4.98 Å². The van der Waals surface area contributed by atoms with Crippen molar-refractivity contribution in [3.63, 3.8) is 0 Å². The quantitative estimate of drug-likeness (QED) is 0.448. The fourth-order valence-electron chi connectivity index (χ4n) is 5.03. The summed E-state index contributed by atoms with van der Waals surface area (Å²) < 4.78 is 10.8. The van der Waals surface area contributed by atoms with E-state index in [2.05, 4.69) is 20.4 Å². The van der Waals surface area contributed by atoms with Crippen LogP contribution in [0.25, 0.3) is 11.4 Å². The normalized spacial score (nSPS) is 18.0. The standard InChI is InChI=1S/C27H32N4O4S/c1-3-34-27(33)23-20-8-4-5-9-21(20)36-26(23)29-25(32)19-7-6-14-31(15-19)16-22-28-24(30-35-22)18-12-10-17(2)11-13-18/h10-13,19H,3-9,14-16H2,1-2H3,(H,29,32). The van der Waals surface area contributed by atoms with Crippen molar-refractivity contribution in [3.05, 3.63) is 51.7 Å². The molecular formula is C27H32N4O4S. The number of likely N-dealkylation sites (tertiary alicyclic amines) is 1. The number of anilines is 1. The highest BCUT2D eigenvalue weighted by Crippen LogP contribution is 2.39. The Hall–Kier alpha value is -3.04. The third kappa shape index (κ3) is 5.37. The molecule has 3 aromatic rings. The number of benzene rings is 1. The maximum absolute atomic E-state index is 13.3. The molecule has 0 spiro atoms. The molecule has 1 amide bonds. The second-order valence-electron chi connectivity index (χ2n) is 9.58. The van der Waals surface area contributed by atoms with Gasteiger partial charge in [0.2, 0.25) is 17.6 Å². The number of ether oxygens (including phenoxy) is 1. The van der Waals surface area contributed by atoms with Gasteiger partial charge in [-0.25, -0.2) is 4.79 Å². The molecule has 3 heterocycles. The van der Waals surface area contributed by atoms with Gasteiger partial charge in [-0.1, -0.05) is 35.0 Å². The summed E-state index contributed by atoms with van der Waals surface area (Å²) >= 11 is 1.53. The number of hydrogen-bond acceptors (Lipinski definition) is 8. The zero-order valence-corrected chi connectivity index (χ0v) is 21.7. The van der Waals surface area contributed by atoms with Crippen LogP contribution in [0.3, 0.4) is 0 Å². The van der Waals surface area contributed by atoms with E-state index in [4.69, 9.17) is 9.26 Å². The number of nitrogens with one attached hydrogen (secondary N) is 1. The van der Waals surface area contributed by atoms with Crippen LogP contribution in [-0.4, -0.2) is 46.6 Å². The molecule has 0 saturated carbocycles. The molecule has 1 unspecified atom stereocenters. The van der Waals surface area contributed by atoms with Gasteiger partial charge in [0.25, 0.3) is 0 Å². The van der Waals surface area contributed by atoms with Crippen LogP contribution in [0.15, 0.2) is 28.8 Å². The lowest BCUT2D eigenvalue weighted by molar-refractivity contribution is -0.121. The Balaban J connectivity index is 1.25. The van der Waals surface area contributed by atoms with Crippen molar-refractivity contribution in [2.24, 2.45) is 5.92 Å². The maximum Gasteiger partial charge on any atom is 0.341 e. The van der Waals surface area contributed by atoms with Crippen molar-refractivity contribution in [1.82, 2.24) is 15.0 Å². The van der Waals surface area contributed by atoms with Crippen molar-refractivity contribution in [3.8, 4) is 11.4 Å². The Morgan fingerprint density at radius 3 is 2.81 bits per heavy atom. The number of fused-ring (bicyclic) bond motifs is 1. The van der Waals surface area contributed by atoms with Crippen LogP contribution in [0.2, 0.25) is 0 Å². The van der Waals surface area contributed by atoms with Gasteiger partial charge in [-0.15, -0.1) is 11.3 Å². The van der Waals surface area contributed by atoms with Crippen molar-refractivity contribution in [2.45, 2.75) is 58.9 Å². The number of amides is 1. The molecule has 5 rings (SSSR count). The highest BCUT2D eigenvalue weighted by atomic mass is 32.1. The SMILES string of the molecule is CCOC(=O)c1c(NC(=O)C2CCCN(Cc3nc(-c4ccc(C)cc4)no3)C2)sc2c1CCCC2. The molecule has 1 saturated heterocycles. The topological polar surface area (TPSA) is 97.6 Å². The molecule has 1 atom stereocenters. The van der Waals surface area contributed by atoms with Crippen LogP contribution in [-0.2, 0) is 28.9 Å². The minimum absolute atomic E-state index is 0.0466. The van der Waals surface area contributed by atoms with E-state index in [-0.39, 0.29) is 17.8 Å². The van der Waals surface area contributed by atoms with E-state index < -0.39 is 0 Å². The van der Waals surface area contributed by atoms with Crippen LogP contribution < -0.4 is 5.32 Å². The minimum atomic E-state index is -0.335. The fraction of sp³-hybridized carbons (Fsp3) is 0.481. The molecule has 1 N–H and O–H groups in total. The number of aromatic nitrogens is 2. The van der Waals surface area contributed by atoms with E-state index in [1.54, 1.807) is 6.92 Å². The Morgan fingerprint density at radius 2 is 2.00 bits per heavy atom. The second kappa shape index (κ2) is 10.9. The Morgan fingerprint density at radius 1 is 1.19 bits per heavy atom. The van der Waals surface area contributed by atoms with E-state index >= 15 is 0 Å². The first-order valence-electron chi connectivity index (χ1n) is 12.8. The molecule has 1 fully saturated rings. The van der Waals surface area contributed by atoms with E-state index in [0.717, 1.165) is 56.2 Å². The Bertz CT molecular complexity index is 1230. The average molecular weight is 509 g/mol. The number of rotatable bonds is 7. The van der Waals surface area contributed by atoms with Crippen LogP contribution >= 0.6 is 11.3 Å². The summed E-state index contributed by atoms with van der Waals surface area (Å²) in [5, 5.41) is 7.86. The molecule has 0 radical (unpaired) electrons. The molecule has 1 aromatic carbocycles. The summed E-state index contributed by atoms with van der Waals surface area (Å²) in [5.74, 6) is 0.562. The second-order valence-corrected chi connectivity index (χ2v) is 10.7. The van der Waals surface area contributed by atoms with Crippen LogP contribution in [0, 0.1) is 12.8 Å². The van der Waals surface area contributed by atoms with Gasteiger partial charge in [-0.3, -0.25) is 9.69 Å². The number of carbonyl (C=O) groups is 2.